The molecule has 0 saturated heterocycles. The first-order valence-electron chi connectivity index (χ1n) is 5.03. The van der Waals surface area contributed by atoms with Gasteiger partial charge in [-0.2, -0.15) is 0 Å². The first-order chi connectivity index (χ1) is 7.22. The number of carboxylic acids is 1. The van der Waals surface area contributed by atoms with Gasteiger partial charge in [-0.1, -0.05) is 6.58 Å². The Hall–Kier alpha value is 0.756. The molecule has 0 bridgehead atoms. The van der Waals surface area contributed by atoms with Crippen molar-refractivity contribution in [1.82, 2.24) is 0 Å². The second-order valence-corrected chi connectivity index (χ2v) is 7.61. The summed E-state index contributed by atoms with van der Waals surface area (Å²) < 4.78 is 29.7. The molecule has 16 heavy (non-hydrogen) atoms. The second kappa shape index (κ2) is 10.9. The molecular formula is C9H17KO5S. The molecule has 0 heterocycles. The fourth-order valence-corrected chi connectivity index (χ4v) is 1.99. The Bertz CT molecular complexity index is 299. The Morgan fingerprint density at radius 1 is 1.56 bits per heavy atom. The summed E-state index contributed by atoms with van der Waals surface area (Å²) >= 11 is 0.779. The van der Waals surface area contributed by atoms with Gasteiger partial charge < -0.3 is 5.11 Å². The molecular weight excluding hydrogens is 259 g/mol. The van der Waals surface area contributed by atoms with Crippen molar-refractivity contribution < 1.29 is 22.9 Å². The molecule has 0 radical (unpaired) electrons. The van der Waals surface area contributed by atoms with Crippen molar-refractivity contribution in [2.45, 2.75) is 26.2 Å². The summed E-state index contributed by atoms with van der Waals surface area (Å²) in [5.41, 5.74) is 0. The molecule has 0 aliphatic carbocycles. The zero-order valence-corrected chi connectivity index (χ0v) is 13.7. The summed E-state index contributed by atoms with van der Waals surface area (Å²) in [7, 11) is -3.71. The summed E-state index contributed by atoms with van der Waals surface area (Å²) in [6.45, 7) is 5.08. The van der Waals surface area contributed by atoms with Gasteiger partial charge in [-0.25, -0.2) is 4.79 Å². The van der Waals surface area contributed by atoms with Crippen molar-refractivity contribution in [1.29, 1.82) is 0 Å². The van der Waals surface area contributed by atoms with Crippen LogP contribution < -0.4 is 0 Å². The molecule has 0 aliphatic rings. The van der Waals surface area contributed by atoms with Crippen LogP contribution in [0.25, 0.3) is 0 Å². The molecule has 7 heteroatoms. The number of carboxylic acid groups (broad SMARTS) is 1. The summed E-state index contributed by atoms with van der Waals surface area (Å²) in [6, 6.07) is 0. The number of hydrogen-bond donors (Lipinski definition) is 2. The average Bonchev–Trinajstić information content (AvgIpc) is 2.16. The second-order valence-electron chi connectivity index (χ2n) is 3.48. The Morgan fingerprint density at radius 3 is 2.25 bits per heavy atom. The molecule has 0 fully saturated rings. The molecule has 90 valence electrons. The third kappa shape index (κ3) is 20.2. The number of aliphatic carboxylic acids is 1. The molecule has 0 aliphatic heterocycles. The van der Waals surface area contributed by atoms with Gasteiger partial charge in [-0.3, -0.25) is 0 Å². The third-order valence-corrected chi connectivity index (χ3v) is 4.95. The van der Waals surface area contributed by atoms with Gasteiger partial charge in [0.15, 0.2) is 0 Å². The molecule has 1 atom stereocenters. The molecule has 1 unspecified atom stereocenters. The van der Waals surface area contributed by atoms with E-state index in [1.807, 2.05) is 0 Å². The minimum absolute atomic E-state index is 0.0699. The van der Waals surface area contributed by atoms with Crippen molar-refractivity contribution in [2.75, 3.05) is 5.75 Å². The fourth-order valence-electron chi connectivity index (χ4n) is 0.818. The fraction of sp³-hybridized carbons (Fsp3) is 0.667. The quantitative estimate of drug-likeness (QED) is 0.433. The monoisotopic (exact) mass is 276 g/mol. The van der Waals surface area contributed by atoms with Gasteiger partial charge in [-0.15, -0.1) is 0 Å². The van der Waals surface area contributed by atoms with Gasteiger partial charge >= 0.3 is 110 Å². The van der Waals surface area contributed by atoms with Crippen molar-refractivity contribution in [3.8, 4) is 0 Å². The van der Waals surface area contributed by atoms with E-state index in [2.05, 4.69) is 13.5 Å². The van der Waals surface area contributed by atoms with Gasteiger partial charge in [0.1, 0.15) is 0 Å². The average molecular weight is 276 g/mol. The Balaban J connectivity index is 0. The van der Waals surface area contributed by atoms with Crippen LogP contribution in [-0.4, -0.2) is 78.8 Å². The maximum absolute atomic E-state index is 10.3. The first-order valence-corrected chi connectivity index (χ1v) is 8.44. The van der Waals surface area contributed by atoms with Gasteiger partial charge in [0.05, 0.1) is 0 Å². The first kappa shape index (κ1) is 19.1. The zero-order chi connectivity index (χ0) is 13.2. The van der Waals surface area contributed by atoms with E-state index in [-0.39, 0.29) is 5.75 Å². The zero-order valence-electron chi connectivity index (χ0n) is 9.72. The van der Waals surface area contributed by atoms with E-state index in [1.54, 1.807) is 0 Å². The summed E-state index contributed by atoms with van der Waals surface area (Å²) in [6.07, 6.45) is 3.54. The van der Waals surface area contributed by atoms with Crippen molar-refractivity contribution in [3.63, 3.8) is 0 Å². The van der Waals surface area contributed by atoms with E-state index in [0.29, 0.717) is 6.42 Å². The van der Waals surface area contributed by atoms with Crippen LogP contribution in [0.1, 0.15) is 26.2 Å². The normalized spacial score (nSPS) is 12.2. The Kier molecular flexibility index (Phi) is 13.0. The van der Waals surface area contributed by atoms with Crippen LogP contribution in [0.3, 0.4) is 0 Å². The van der Waals surface area contributed by atoms with E-state index in [1.165, 1.54) is 0 Å². The molecule has 2 N–H and O–H groups in total. The van der Waals surface area contributed by atoms with Crippen LogP contribution in [-0.2, 0) is 14.9 Å². The molecule has 0 aromatic rings. The topological polar surface area (TPSA) is 91.7 Å². The number of carbonyl (C=O) groups is 1. The van der Waals surface area contributed by atoms with Crippen molar-refractivity contribution >= 4 is 65.0 Å². The SMILES string of the molecule is C=CC(=O)O.CC[CH]([K])CCCS(=O)(=O)O. The van der Waals surface area contributed by atoms with Crippen LogP contribution in [0, 0.1) is 0 Å². The van der Waals surface area contributed by atoms with E-state index in [9.17, 15) is 13.2 Å². The van der Waals surface area contributed by atoms with Crippen LogP contribution in [0.15, 0.2) is 12.7 Å². The number of rotatable bonds is 6. The summed E-state index contributed by atoms with van der Waals surface area (Å²) in [5, 5.41) is 7.60. The summed E-state index contributed by atoms with van der Waals surface area (Å²) in [4.78, 5) is 9.25. The predicted octanol–water partition coefficient (Wildman–Crippen LogP) is 1.28. The van der Waals surface area contributed by atoms with E-state index in [0.717, 1.165) is 67.9 Å². The van der Waals surface area contributed by atoms with Gasteiger partial charge in [0.2, 0.25) is 0 Å². The van der Waals surface area contributed by atoms with Crippen molar-refractivity contribution in [3.05, 3.63) is 12.7 Å². The Morgan fingerprint density at radius 2 is 2.00 bits per heavy atom. The minimum atomic E-state index is -3.71. The third-order valence-electron chi connectivity index (χ3n) is 1.97. The van der Waals surface area contributed by atoms with E-state index < -0.39 is 16.1 Å². The van der Waals surface area contributed by atoms with E-state index >= 15 is 0 Å². The predicted molar refractivity (Wildman–Crippen MR) is 63.3 cm³/mol. The molecule has 0 rings (SSSR count). The molecule has 0 saturated carbocycles. The Labute approximate surface area is 131 Å². The van der Waals surface area contributed by atoms with E-state index in [4.69, 9.17) is 9.66 Å². The van der Waals surface area contributed by atoms with Crippen LogP contribution in [0.4, 0.5) is 0 Å². The van der Waals surface area contributed by atoms with Gasteiger partial charge in [0, 0.05) is 6.08 Å². The number of hydrogen-bond acceptors (Lipinski definition) is 3. The molecule has 5 nitrogen and oxygen atoms in total. The van der Waals surface area contributed by atoms with Crippen LogP contribution in [0.2, 0.25) is 0.0125 Å². The van der Waals surface area contributed by atoms with Crippen LogP contribution in [0.5, 0.6) is 0 Å². The van der Waals surface area contributed by atoms with Gasteiger partial charge in [0.25, 0.3) is 0 Å². The molecule has 0 spiro atoms. The standard InChI is InChI=1S/C6H13O3S.C3H4O2.K/c1-2-3-4-5-6-10(7,8)9;1-2-3(4)5;/h3H,2,4-6H2,1H3,(H,7,8,9);2H,1H2,(H,4,5);. The molecule has 0 aromatic heterocycles. The summed E-state index contributed by atoms with van der Waals surface area (Å²) in [5.74, 6) is -1.05. The molecule has 0 aromatic carbocycles. The van der Waals surface area contributed by atoms with Crippen LogP contribution >= 0.6 is 0 Å². The van der Waals surface area contributed by atoms with Crippen molar-refractivity contribution in [2.24, 2.45) is 0 Å². The van der Waals surface area contributed by atoms with Gasteiger partial charge in [-0.05, 0) is 0 Å². The molecule has 0 amide bonds. The maximum atomic E-state index is 10.3.